The Bertz CT molecular complexity index is 1130. The first-order valence-electron chi connectivity index (χ1n) is 10.5. The number of anilines is 2. The summed E-state index contributed by atoms with van der Waals surface area (Å²) in [4.78, 5) is 16.9. The lowest BCUT2D eigenvalue weighted by Crippen LogP contribution is -2.09. The van der Waals surface area contributed by atoms with Crippen molar-refractivity contribution in [2.75, 3.05) is 12.4 Å². The minimum Gasteiger partial charge on any atom is -0.465 e. The molecule has 150 valence electrons. The molecule has 4 heteroatoms. The maximum absolute atomic E-state index is 12.4. The summed E-state index contributed by atoms with van der Waals surface area (Å²) in [6, 6.07) is 18.8. The maximum atomic E-state index is 12.4. The first kappa shape index (κ1) is 18.6. The number of nitrogens with one attached hydrogen (secondary N) is 1. The number of hydrogen-bond donors (Lipinski definition) is 1. The lowest BCUT2D eigenvalue weighted by molar-refractivity contribution is 0.0601. The maximum Gasteiger partial charge on any atom is 0.341 e. The Balaban J connectivity index is 1.50. The molecule has 2 aromatic carbocycles. The van der Waals surface area contributed by atoms with Crippen molar-refractivity contribution < 1.29 is 9.53 Å². The van der Waals surface area contributed by atoms with E-state index in [4.69, 9.17) is 4.74 Å². The minimum absolute atomic E-state index is 0.365. The van der Waals surface area contributed by atoms with E-state index in [-0.39, 0.29) is 5.97 Å². The fourth-order valence-corrected chi connectivity index (χ4v) is 4.12. The Morgan fingerprint density at radius 2 is 1.93 bits per heavy atom. The van der Waals surface area contributed by atoms with Crippen LogP contribution < -0.4 is 5.32 Å². The quantitative estimate of drug-likeness (QED) is 0.548. The molecule has 1 fully saturated rings. The van der Waals surface area contributed by atoms with E-state index in [9.17, 15) is 4.79 Å². The highest BCUT2D eigenvalue weighted by atomic mass is 16.5. The number of carbonyl (C=O) groups is 1. The number of aryl methyl sites for hydroxylation is 1. The van der Waals surface area contributed by atoms with E-state index < -0.39 is 0 Å². The molecule has 2 aliphatic rings. The summed E-state index contributed by atoms with van der Waals surface area (Å²) in [5.74, 6) is 0.694. The second-order valence-electron chi connectivity index (χ2n) is 7.95. The van der Waals surface area contributed by atoms with Gasteiger partial charge >= 0.3 is 5.97 Å². The van der Waals surface area contributed by atoms with Gasteiger partial charge in [-0.15, -0.1) is 0 Å². The van der Waals surface area contributed by atoms with Crippen molar-refractivity contribution in [2.24, 2.45) is 0 Å². The van der Waals surface area contributed by atoms with Crippen molar-refractivity contribution in [3.63, 3.8) is 0 Å². The predicted molar refractivity (Wildman–Crippen MR) is 119 cm³/mol. The smallest absolute Gasteiger partial charge is 0.341 e. The third-order valence-corrected chi connectivity index (χ3v) is 5.87. The highest BCUT2D eigenvalue weighted by Crippen LogP contribution is 2.41. The number of allylic oxidation sites excluding steroid dienone is 1. The minimum atomic E-state index is -0.365. The van der Waals surface area contributed by atoms with Crippen LogP contribution in [-0.4, -0.2) is 18.1 Å². The number of rotatable bonds is 5. The van der Waals surface area contributed by atoms with E-state index >= 15 is 0 Å². The van der Waals surface area contributed by atoms with Crippen molar-refractivity contribution in [1.29, 1.82) is 0 Å². The van der Waals surface area contributed by atoms with Crippen LogP contribution in [0.5, 0.6) is 0 Å². The van der Waals surface area contributed by atoms with E-state index in [2.05, 4.69) is 58.8 Å². The third kappa shape index (κ3) is 3.61. The summed E-state index contributed by atoms with van der Waals surface area (Å²) in [5.41, 5.74) is 7.55. The van der Waals surface area contributed by atoms with Gasteiger partial charge in [0, 0.05) is 11.9 Å². The molecule has 0 unspecified atom stereocenters. The summed E-state index contributed by atoms with van der Waals surface area (Å²) < 4.78 is 5.01. The van der Waals surface area contributed by atoms with E-state index in [0.717, 1.165) is 36.9 Å². The lowest BCUT2D eigenvalue weighted by atomic mass is 9.86. The molecule has 0 bridgehead atoms. The summed E-state index contributed by atoms with van der Waals surface area (Å²) in [6.45, 7) is 0. The number of hydrogen-bond acceptors (Lipinski definition) is 4. The SMILES string of the molecule is COC(=O)c1cc(C2CC2)cnc1Nc1ccc2c(c1)C(c1ccccc1)=CCC2. The zero-order valence-electron chi connectivity index (χ0n) is 17.0. The molecular formula is C26H24N2O2. The number of carbonyl (C=O) groups excluding carboxylic acids is 1. The van der Waals surface area contributed by atoms with Gasteiger partial charge in [-0.3, -0.25) is 0 Å². The van der Waals surface area contributed by atoms with Gasteiger partial charge in [0.1, 0.15) is 11.4 Å². The fourth-order valence-electron chi connectivity index (χ4n) is 4.12. The zero-order chi connectivity index (χ0) is 20.5. The molecule has 0 saturated heterocycles. The van der Waals surface area contributed by atoms with Gasteiger partial charge in [-0.05, 0) is 77.6 Å². The molecular weight excluding hydrogens is 372 g/mol. The van der Waals surface area contributed by atoms with Crippen LogP contribution in [-0.2, 0) is 11.2 Å². The molecule has 1 N–H and O–H groups in total. The highest BCUT2D eigenvalue weighted by Gasteiger charge is 2.26. The number of fused-ring (bicyclic) bond motifs is 1. The molecule has 1 aromatic heterocycles. The van der Waals surface area contributed by atoms with Crippen LogP contribution in [0.1, 0.15) is 57.8 Å². The molecule has 5 rings (SSSR count). The number of aromatic nitrogens is 1. The van der Waals surface area contributed by atoms with Crippen LogP contribution in [0.2, 0.25) is 0 Å². The van der Waals surface area contributed by atoms with Crippen LogP contribution in [0.4, 0.5) is 11.5 Å². The number of benzene rings is 2. The van der Waals surface area contributed by atoms with Crippen molar-refractivity contribution in [1.82, 2.24) is 4.98 Å². The predicted octanol–water partition coefficient (Wildman–Crippen LogP) is 5.87. The van der Waals surface area contributed by atoms with Gasteiger partial charge in [0.05, 0.1) is 7.11 Å². The van der Waals surface area contributed by atoms with Gasteiger partial charge in [-0.1, -0.05) is 42.5 Å². The van der Waals surface area contributed by atoms with Crippen molar-refractivity contribution >= 4 is 23.0 Å². The summed E-state index contributed by atoms with van der Waals surface area (Å²) in [6.07, 6.45) is 8.58. The molecule has 0 amide bonds. The molecule has 1 saturated carbocycles. The Morgan fingerprint density at radius 1 is 1.10 bits per heavy atom. The highest BCUT2D eigenvalue weighted by molar-refractivity contribution is 5.96. The second kappa shape index (κ2) is 7.79. The van der Waals surface area contributed by atoms with Gasteiger partial charge in [0.25, 0.3) is 0 Å². The molecule has 0 aliphatic heterocycles. The molecule has 4 nitrogen and oxygen atoms in total. The summed E-state index contributed by atoms with van der Waals surface area (Å²) in [5, 5.41) is 3.36. The number of ether oxygens (including phenoxy) is 1. The summed E-state index contributed by atoms with van der Waals surface area (Å²) >= 11 is 0. The van der Waals surface area contributed by atoms with E-state index in [1.165, 1.54) is 29.4 Å². The summed E-state index contributed by atoms with van der Waals surface area (Å²) in [7, 11) is 1.41. The van der Waals surface area contributed by atoms with Gasteiger partial charge in [0.2, 0.25) is 0 Å². The standard InChI is InChI=1S/C26H24N2O2/c1-30-26(29)24-14-20(17-10-11-17)16-27-25(24)28-21-13-12-19-8-5-9-22(23(19)15-21)18-6-3-2-4-7-18/h2-4,6-7,9,12-17H,5,8,10-11H2,1H3,(H,27,28). The lowest BCUT2D eigenvalue weighted by Gasteiger charge is -2.20. The van der Waals surface area contributed by atoms with Gasteiger partial charge in [-0.25, -0.2) is 9.78 Å². The average Bonchev–Trinajstić information content (AvgIpc) is 3.64. The van der Waals surface area contributed by atoms with E-state index in [1.807, 2.05) is 18.3 Å². The molecule has 0 atom stereocenters. The molecule has 2 aliphatic carbocycles. The number of methoxy groups -OCH3 is 1. The number of esters is 1. The Morgan fingerprint density at radius 3 is 2.70 bits per heavy atom. The number of pyridine rings is 1. The second-order valence-corrected chi connectivity index (χ2v) is 7.95. The number of nitrogens with zero attached hydrogens (tertiary/aromatic N) is 1. The monoisotopic (exact) mass is 396 g/mol. The first-order chi connectivity index (χ1) is 14.7. The molecule has 0 spiro atoms. The molecule has 30 heavy (non-hydrogen) atoms. The first-order valence-corrected chi connectivity index (χ1v) is 10.5. The molecule has 3 aromatic rings. The Labute approximate surface area is 176 Å². The van der Waals surface area contributed by atoms with Crippen LogP contribution >= 0.6 is 0 Å². The third-order valence-electron chi connectivity index (χ3n) is 5.87. The zero-order valence-corrected chi connectivity index (χ0v) is 17.0. The normalized spacial score (nSPS) is 15.2. The Hall–Kier alpha value is -3.40. The van der Waals surface area contributed by atoms with Gasteiger partial charge in [-0.2, -0.15) is 0 Å². The van der Waals surface area contributed by atoms with Crippen LogP contribution in [0.3, 0.4) is 0 Å². The van der Waals surface area contributed by atoms with E-state index in [0.29, 0.717) is 17.3 Å². The van der Waals surface area contributed by atoms with Gasteiger partial charge in [0.15, 0.2) is 0 Å². The van der Waals surface area contributed by atoms with Crippen molar-refractivity contribution in [3.8, 4) is 0 Å². The average molecular weight is 396 g/mol. The van der Waals surface area contributed by atoms with Crippen LogP contribution in [0.15, 0.2) is 66.9 Å². The van der Waals surface area contributed by atoms with Crippen molar-refractivity contribution in [3.05, 3.63) is 94.7 Å². The topological polar surface area (TPSA) is 51.2 Å². The van der Waals surface area contributed by atoms with Crippen LogP contribution in [0, 0.1) is 0 Å². The fraction of sp³-hybridized carbons (Fsp3) is 0.231. The van der Waals surface area contributed by atoms with Gasteiger partial charge < -0.3 is 10.1 Å². The largest absolute Gasteiger partial charge is 0.465 e. The Kier molecular flexibility index (Phi) is 4.83. The van der Waals surface area contributed by atoms with Crippen molar-refractivity contribution in [2.45, 2.75) is 31.6 Å². The molecule has 0 radical (unpaired) electrons. The van der Waals surface area contributed by atoms with Crippen LogP contribution in [0.25, 0.3) is 5.57 Å². The molecule has 1 heterocycles. The van der Waals surface area contributed by atoms with E-state index in [1.54, 1.807) is 0 Å².